The molecule has 3 heteroatoms. The van der Waals surface area contributed by atoms with Gasteiger partial charge in [0.05, 0.1) is 12.8 Å². The summed E-state index contributed by atoms with van der Waals surface area (Å²) in [7, 11) is 1.82. The molecule has 35 heavy (non-hydrogen) atoms. The lowest BCUT2D eigenvalue weighted by Crippen LogP contribution is -2.70. The van der Waals surface area contributed by atoms with Crippen LogP contribution in [-0.2, 0) is 12.8 Å². The number of nitrogens with zero attached hydrogens (tertiary/aromatic N) is 1. The van der Waals surface area contributed by atoms with Gasteiger partial charge in [0.1, 0.15) is 5.75 Å². The highest BCUT2D eigenvalue weighted by atomic mass is 16.5. The average Bonchev–Trinajstić information content (AvgIpc) is 2.92. The Morgan fingerprint density at radius 1 is 0.857 bits per heavy atom. The molecule has 3 saturated heterocycles. The maximum Gasteiger partial charge on any atom is 0.142 e. The van der Waals surface area contributed by atoms with Crippen molar-refractivity contribution in [3.05, 3.63) is 95.1 Å². The molecule has 3 aliphatic heterocycles. The molecule has 0 saturated carbocycles. The van der Waals surface area contributed by atoms with Gasteiger partial charge in [-0.2, -0.15) is 0 Å². The van der Waals surface area contributed by atoms with Crippen LogP contribution in [0.2, 0.25) is 0 Å². The van der Waals surface area contributed by atoms with E-state index in [2.05, 4.69) is 89.9 Å². The van der Waals surface area contributed by atoms with Crippen molar-refractivity contribution < 1.29 is 4.74 Å². The number of benzene rings is 3. The molecule has 1 aliphatic carbocycles. The summed E-state index contributed by atoms with van der Waals surface area (Å²) in [5, 5.41) is 4.13. The zero-order valence-electron chi connectivity index (χ0n) is 21.2. The topological polar surface area (TPSA) is 24.5 Å². The second-order valence-electron chi connectivity index (χ2n) is 11.0. The fourth-order valence-corrected chi connectivity index (χ4v) is 7.39. The summed E-state index contributed by atoms with van der Waals surface area (Å²) >= 11 is 0. The summed E-state index contributed by atoms with van der Waals surface area (Å²) in [6, 6.07) is 27.4. The van der Waals surface area contributed by atoms with Gasteiger partial charge in [-0.3, -0.25) is 4.90 Å². The van der Waals surface area contributed by atoms with E-state index >= 15 is 0 Å². The number of hydrogen-bond donors (Lipinski definition) is 1. The highest BCUT2D eigenvalue weighted by Crippen LogP contribution is 2.51. The third-order valence-corrected chi connectivity index (χ3v) is 9.15. The van der Waals surface area contributed by atoms with Crippen LogP contribution < -0.4 is 10.1 Å². The minimum Gasteiger partial charge on any atom is -0.495 e. The average molecular weight is 467 g/mol. The first kappa shape index (κ1) is 22.7. The second kappa shape index (κ2) is 9.35. The maximum atomic E-state index is 5.95. The second-order valence-corrected chi connectivity index (χ2v) is 11.0. The summed E-state index contributed by atoms with van der Waals surface area (Å²) in [6.07, 6.45) is 7.46. The van der Waals surface area contributed by atoms with Crippen LogP contribution in [0, 0.1) is 5.92 Å². The molecule has 3 fully saturated rings. The van der Waals surface area contributed by atoms with Crippen molar-refractivity contribution >= 4 is 5.69 Å². The SMILES string of the molecule is COc1cc2c(cc1N[C@H]1C3CCN(CC3)[C@@]1(C)C(c1ccccc1)c1ccccc1)CCCC2. The number of piperidine rings is 3. The van der Waals surface area contributed by atoms with Gasteiger partial charge in [0.25, 0.3) is 0 Å². The number of ether oxygens (including phenoxy) is 1. The smallest absolute Gasteiger partial charge is 0.142 e. The zero-order valence-corrected chi connectivity index (χ0v) is 21.2. The lowest BCUT2D eigenvalue weighted by atomic mass is 9.62. The summed E-state index contributed by atoms with van der Waals surface area (Å²) in [6.45, 7) is 4.87. The van der Waals surface area contributed by atoms with E-state index in [-0.39, 0.29) is 11.5 Å². The van der Waals surface area contributed by atoms with Gasteiger partial charge in [-0.1, -0.05) is 60.7 Å². The Bertz CT molecular complexity index is 1110. The molecule has 2 atom stereocenters. The van der Waals surface area contributed by atoms with E-state index in [9.17, 15) is 0 Å². The van der Waals surface area contributed by atoms with Gasteiger partial charge < -0.3 is 10.1 Å². The summed E-state index contributed by atoms with van der Waals surface area (Å²) < 4.78 is 5.95. The fraction of sp³-hybridized carbons (Fsp3) is 0.438. The Morgan fingerprint density at radius 3 is 2.00 bits per heavy atom. The molecule has 0 aromatic heterocycles. The first-order chi connectivity index (χ1) is 17.2. The van der Waals surface area contributed by atoms with Crippen LogP contribution in [0.5, 0.6) is 5.75 Å². The fourth-order valence-electron chi connectivity index (χ4n) is 7.39. The lowest BCUT2D eigenvalue weighted by Gasteiger charge is -2.61. The predicted octanol–water partition coefficient (Wildman–Crippen LogP) is 6.67. The van der Waals surface area contributed by atoms with Gasteiger partial charge in [-0.05, 0) is 98.8 Å². The number of anilines is 1. The molecule has 0 spiro atoms. The minimum absolute atomic E-state index is 0.0508. The summed E-state index contributed by atoms with van der Waals surface area (Å²) in [5.74, 6) is 1.94. The van der Waals surface area contributed by atoms with Crippen molar-refractivity contribution in [3.63, 3.8) is 0 Å². The Labute approximate surface area is 210 Å². The third-order valence-electron chi connectivity index (χ3n) is 9.15. The van der Waals surface area contributed by atoms with Gasteiger partial charge in [0.15, 0.2) is 0 Å². The van der Waals surface area contributed by atoms with Crippen LogP contribution in [0.1, 0.15) is 60.8 Å². The maximum absolute atomic E-state index is 5.95. The van der Waals surface area contributed by atoms with Crippen LogP contribution in [0.4, 0.5) is 5.69 Å². The summed E-state index contributed by atoms with van der Waals surface area (Å²) in [4.78, 5) is 2.78. The molecule has 0 amide bonds. The Balaban J connectivity index is 1.46. The molecule has 7 rings (SSSR count). The standard InChI is InChI=1S/C32H38N2O/c1-32(30(23-11-5-3-6-12-23)24-13-7-4-8-14-24)31(25-17-19-34(32)20-18-25)33-28-21-26-15-9-10-16-27(26)22-29(28)35-2/h3-8,11-14,21-22,25,30-31,33H,9-10,15-20H2,1-2H3/t31-,32-/m0/s1. The Kier molecular flexibility index (Phi) is 6.06. The van der Waals surface area contributed by atoms with Gasteiger partial charge in [-0.25, -0.2) is 0 Å². The van der Waals surface area contributed by atoms with Gasteiger partial charge in [-0.15, -0.1) is 0 Å². The molecular formula is C32H38N2O. The number of methoxy groups -OCH3 is 1. The van der Waals surface area contributed by atoms with E-state index in [4.69, 9.17) is 4.74 Å². The van der Waals surface area contributed by atoms with Crippen molar-refractivity contribution in [2.75, 3.05) is 25.5 Å². The van der Waals surface area contributed by atoms with Crippen LogP contribution in [0.15, 0.2) is 72.8 Å². The van der Waals surface area contributed by atoms with Crippen molar-refractivity contribution in [2.45, 2.75) is 62.9 Å². The van der Waals surface area contributed by atoms with E-state index in [0.29, 0.717) is 12.0 Å². The third kappa shape index (κ3) is 3.94. The molecule has 0 unspecified atom stereocenters. The van der Waals surface area contributed by atoms with Crippen molar-refractivity contribution in [2.24, 2.45) is 5.92 Å². The minimum atomic E-state index is -0.0508. The highest BCUT2D eigenvalue weighted by molar-refractivity contribution is 5.62. The van der Waals surface area contributed by atoms with E-state index < -0.39 is 0 Å². The monoisotopic (exact) mass is 466 g/mol. The number of hydrogen-bond acceptors (Lipinski definition) is 3. The van der Waals surface area contributed by atoms with E-state index in [1.165, 1.54) is 79.6 Å². The first-order valence-electron chi connectivity index (χ1n) is 13.5. The lowest BCUT2D eigenvalue weighted by molar-refractivity contribution is -0.0401. The van der Waals surface area contributed by atoms with E-state index in [0.717, 1.165) is 5.75 Å². The molecule has 4 aliphatic rings. The number of fused-ring (bicyclic) bond motifs is 4. The van der Waals surface area contributed by atoms with Gasteiger partial charge >= 0.3 is 0 Å². The number of rotatable bonds is 6. The van der Waals surface area contributed by atoms with Crippen molar-refractivity contribution in [3.8, 4) is 5.75 Å². The zero-order chi connectivity index (χ0) is 23.8. The number of aryl methyl sites for hydroxylation is 2. The highest BCUT2D eigenvalue weighted by Gasteiger charge is 2.55. The molecule has 1 N–H and O–H groups in total. The normalized spacial score (nSPS) is 27.5. The Hall–Kier alpha value is -2.78. The quantitative estimate of drug-likeness (QED) is 0.439. The molecule has 0 radical (unpaired) electrons. The summed E-state index contributed by atoms with van der Waals surface area (Å²) in [5.41, 5.74) is 6.91. The molecule has 182 valence electrons. The molecule has 2 bridgehead atoms. The molecule has 3 nitrogen and oxygen atoms in total. The predicted molar refractivity (Wildman–Crippen MR) is 144 cm³/mol. The Morgan fingerprint density at radius 2 is 1.43 bits per heavy atom. The van der Waals surface area contributed by atoms with E-state index in [1.54, 1.807) is 0 Å². The first-order valence-corrected chi connectivity index (χ1v) is 13.5. The largest absolute Gasteiger partial charge is 0.495 e. The van der Waals surface area contributed by atoms with Gasteiger partial charge in [0, 0.05) is 17.5 Å². The van der Waals surface area contributed by atoms with Crippen LogP contribution in [0.3, 0.4) is 0 Å². The van der Waals surface area contributed by atoms with Crippen LogP contribution >= 0.6 is 0 Å². The molecular weight excluding hydrogens is 428 g/mol. The number of nitrogens with one attached hydrogen (secondary N) is 1. The van der Waals surface area contributed by atoms with Gasteiger partial charge in [0.2, 0.25) is 0 Å². The molecule has 3 heterocycles. The van der Waals surface area contributed by atoms with Crippen molar-refractivity contribution in [1.29, 1.82) is 0 Å². The van der Waals surface area contributed by atoms with E-state index in [1.807, 2.05) is 7.11 Å². The van der Waals surface area contributed by atoms with Crippen LogP contribution in [0.25, 0.3) is 0 Å². The molecule has 3 aromatic carbocycles. The van der Waals surface area contributed by atoms with Crippen LogP contribution in [-0.4, -0.2) is 36.7 Å². The molecule has 3 aromatic rings. The van der Waals surface area contributed by atoms with Crippen molar-refractivity contribution in [1.82, 2.24) is 4.90 Å².